The van der Waals surface area contributed by atoms with Crippen LogP contribution < -0.4 is 15.0 Å². The van der Waals surface area contributed by atoms with Crippen LogP contribution in [0.15, 0.2) is 84.4 Å². The Hall–Kier alpha value is -3.77. The normalized spacial score (nSPS) is 15.1. The van der Waals surface area contributed by atoms with E-state index in [0.717, 1.165) is 17.5 Å². The predicted octanol–water partition coefficient (Wildman–Crippen LogP) is 4.66. The van der Waals surface area contributed by atoms with Crippen molar-refractivity contribution >= 4 is 40.9 Å². The number of anilines is 1. The highest BCUT2D eigenvalue weighted by Crippen LogP contribution is 2.23. The molecule has 0 aromatic heterocycles. The summed E-state index contributed by atoms with van der Waals surface area (Å²) in [4.78, 5) is 26.9. The van der Waals surface area contributed by atoms with Crippen molar-refractivity contribution in [2.24, 2.45) is 0 Å². The number of thiocarbonyl (C=S) groups is 1. The Labute approximate surface area is 192 Å². The number of carbonyl (C=O) groups excluding carboxylic acids is 2. The number of hydrogen-bond donors (Lipinski definition) is 1. The molecule has 1 N–H and O–H groups in total. The summed E-state index contributed by atoms with van der Waals surface area (Å²) >= 11 is 5.26. The molecular formula is C26H22N2O3S. The largest absolute Gasteiger partial charge is 0.489 e. The quantitative estimate of drug-likeness (QED) is 0.343. The highest BCUT2D eigenvalue weighted by molar-refractivity contribution is 7.80. The second-order valence-electron chi connectivity index (χ2n) is 7.32. The number of hydrogen-bond acceptors (Lipinski definition) is 4. The molecule has 6 heteroatoms. The van der Waals surface area contributed by atoms with Crippen LogP contribution in [0, 0.1) is 0 Å². The Morgan fingerprint density at radius 1 is 0.906 bits per heavy atom. The van der Waals surface area contributed by atoms with Gasteiger partial charge >= 0.3 is 0 Å². The lowest BCUT2D eigenvalue weighted by Crippen LogP contribution is -2.54. The van der Waals surface area contributed by atoms with Gasteiger partial charge in [0, 0.05) is 0 Å². The summed E-state index contributed by atoms with van der Waals surface area (Å²) in [5, 5.41) is 2.69. The zero-order valence-electron chi connectivity index (χ0n) is 17.6. The summed E-state index contributed by atoms with van der Waals surface area (Å²) in [6.45, 7) is 2.52. The Morgan fingerprint density at radius 3 is 2.25 bits per heavy atom. The van der Waals surface area contributed by atoms with Crippen molar-refractivity contribution in [2.45, 2.75) is 20.0 Å². The zero-order chi connectivity index (χ0) is 22.5. The summed E-state index contributed by atoms with van der Waals surface area (Å²) in [6.07, 6.45) is 2.46. The van der Waals surface area contributed by atoms with Gasteiger partial charge in [0.15, 0.2) is 5.11 Å². The second-order valence-corrected chi connectivity index (χ2v) is 7.71. The summed E-state index contributed by atoms with van der Waals surface area (Å²) in [6, 6.07) is 24.7. The van der Waals surface area contributed by atoms with E-state index in [9.17, 15) is 9.59 Å². The lowest BCUT2D eigenvalue weighted by molar-refractivity contribution is -0.122. The minimum absolute atomic E-state index is 0.0242. The standard InChI is InChI=1S/C26H22N2O3S/c1-2-18-8-12-21(13-9-18)28-25(30)23(24(29)27-26(28)32)16-19-10-14-22(15-11-19)31-17-20-6-4-3-5-7-20/h3-16H,2,17H2,1H3,(H,27,29,32)/b23-16+. The highest BCUT2D eigenvalue weighted by Gasteiger charge is 2.34. The van der Waals surface area contributed by atoms with Crippen molar-refractivity contribution in [3.63, 3.8) is 0 Å². The first-order chi connectivity index (χ1) is 15.5. The summed E-state index contributed by atoms with van der Waals surface area (Å²) in [7, 11) is 0. The topological polar surface area (TPSA) is 58.6 Å². The third-order valence-corrected chi connectivity index (χ3v) is 5.43. The van der Waals surface area contributed by atoms with Gasteiger partial charge in [-0.15, -0.1) is 0 Å². The Balaban J connectivity index is 1.52. The van der Waals surface area contributed by atoms with Crippen LogP contribution in [0.2, 0.25) is 0 Å². The van der Waals surface area contributed by atoms with Gasteiger partial charge in [0.05, 0.1) is 5.69 Å². The lowest BCUT2D eigenvalue weighted by atomic mass is 10.1. The van der Waals surface area contributed by atoms with Crippen molar-refractivity contribution < 1.29 is 14.3 Å². The van der Waals surface area contributed by atoms with Crippen LogP contribution in [0.25, 0.3) is 6.08 Å². The molecule has 1 fully saturated rings. The minimum Gasteiger partial charge on any atom is -0.489 e. The molecule has 0 unspecified atom stereocenters. The van der Waals surface area contributed by atoms with Gasteiger partial charge in [0.2, 0.25) is 0 Å². The molecule has 1 aliphatic heterocycles. The van der Waals surface area contributed by atoms with Gasteiger partial charge in [0.1, 0.15) is 17.9 Å². The number of amides is 2. The molecule has 1 aliphatic rings. The fraction of sp³-hybridized carbons (Fsp3) is 0.115. The predicted molar refractivity (Wildman–Crippen MR) is 129 cm³/mol. The molecule has 2 amide bonds. The first-order valence-corrected chi connectivity index (χ1v) is 10.7. The van der Waals surface area contributed by atoms with Gasteiger partial charge in [-0.25, -0.2) is 0 Å². The third kappa shape index (κ3) is 4.76. The molecule has 3 aromatic rings. The smallest absolute Gasteiger partial charge is 0.270 e. The number of ether oxygens (including phenoxy) is 1. The van der Waals surface area contributed by atoms with Gasteiger partial charge < -0.3 is 4.74 Å². The molecule has 0 spiro atoms. The van der Waals surface area contributed by atoms with Gasteiger partial charge in [0.25, 0.3) is 11.8 Å². The third-order valence-electron chi connectivity index (χ3n) is 5.14. The van der Waals surface area contributed by atoms with E-state index in [0.29, 0.717) is 23.6 Å². The zero-order valence-corrected chi connectivity index (χ0v) is 18.4. The molecule has 4 rings (SSSR count). The van der Waals surface area contributed by atoms with Crippen LogP contribution in [-0.2, 0) is 22.6 Å². The average molecular weight is 443 g/mol. The monoisotopic (exact) mass is 442 g/mol. The average Bonchev–Trinajstić information content (AvgIpc) is 2.82. The number of benzene rings is 3. The van der Waals surface area contributed by atoms with E-state index in [1.165, 1.54) is 4.90 Å². The molecule has 1 saturated heterocycles. The molecule has 0 atom stereocenters. The van der Waals surface area contributed by atoms with Crippen molar-refractivity contribution in [2.75, 3.05) is 4.90 Å². The van der Waals surface area contributed by atoms with Crippen molar-refractivity contribution in [3.05, 3.63) is 101 Å². The molecule has 0 aliphatic carbocycles. The first kappa shape index (κ1) is 21.5. The van der Waals surface area contributed by atoms with Crippen LogP contribution in [0.1, 0.15) is 23.6 Å². The second kappa shape index (κ2) is 9.58. The van der Waals surface area contributed by atoms with Crippen molar-refractivity contribution in [1.29, 1.82) is 0 Å². The van der Waals surface area contributed by atoms with E-state index in [4.69, 9.17) is 17.0 Å². The maximum absolute atomic E-state index is 13.1. The number of rotatable bonds is 6. The van der Waals surface area contributed by atoms with Crippen LogP contribution in [0.4, 0.5) is 5.69 Å². The number of nitrogens with zero attached hydrogens (tertiary/aromatic N) is 1. The van der Waals surface area contributed by atoms with Crippen LogP contribution in [0.5, 0.6) is 5.75 Å². The minimum atomic E-state index is -0.508. The highest BCUT2D eigenvalue weighted by atomic mass is 32.1. The molecule has 0 radical (unpaired) electrons. The molecule has 5 nitrogen and oxygen atoms in total. The Kier molecular flexibility index (Phi) is 6.42. The maximum Gasteiger partial charge on any atom is 0.270 e. The molecule has 0 bridgehead atoms. The molecular weight excluding hydrogens is 420 g/mol. The van der Waals surface area contributed by atoms with Crippen LogP contribution in [0.3, 0.4) is 0 Å². The van der Waals surface area contributed by atoms with Crippen molar-refractivity contribution in [3.8, 4) is 5.75 Å². The molecule has 1 heterocycles. The van der Waals surface area contributed by atoms with E-state index in [-0.39, 0.29) is 10.7 Å². The SMILES string of the molecule is CCc1ccc(N2C(=O)/C(=C/c3ccc(OCc4ccccc4)cc3)C(=O)NC2=S)cc1. The van der Waals surface area contributed by atoms with E-state index >= 15 is 0 Å². The number of aryl methyl sites for hydroxylation is 1. The Bertz CT molecular complexity index is 1170. The maximum atomic E-state index is 13.1. The number of nitrogens with one attached hydrogen (secondary N) is 1. The fourth-order valence-electron chi connectivity index (χ4n) is 3.34. The first-order valence-electron chi connectivity index (χ1n) is 10.3. The molecule has 160 valence electrons. The van der Waals surface area contributed by atoms with Crippen LogP contribution >= 0.6 is 12.2 Å². The fourth-order valence-corrected chi connectivity index (χ4v) is 3.62. The summed E-state index contributed by atoms with van der Waals surface area (Å²) < 4.78 is 5.79. The van der Waals surface area contributed by atoms with Gasteiger partial charge in [-0.1, -0.05) is 61.5 Å². The summed E-state index contributed by atoms with van der Waals surface area (Å²) in [5.41, 5.74) is 3.58. The number of carbonyl (C=O) groups is 2. The summed E-state index contributed by atoms with van der Waals surface area (Å²) in [5.74, 6) is -0.257. The molecule has 32 heavy (non-hydrogen) atoms. The Morgan fingerprint density at radius 2 is 1.59 bits per heavy atom. The van der Waals surface area contributed by atoms with E-state index in [1.807, 2.05) is 66.7 Å². The lowest BCUT2D eigenvalue weighted by Gasteiger charge is -2.29. The van der Waals surface area contributed by atoms with E-state index < -0.39 is 11.8 Å². The van der Waals surface area contributed by atoms with Gasteiger partial charge in [-0.05, 0) is 65.7 Å². The van der Waals surface area contributed by atoms with E-state index in [2.05, 4.69) is 12.2 Å². The molecule has 0 saturated carbocycles. The van der Waals surface area contributed by atoms with Gasteiger partial charge in [-0.3, -0.25) is 19.8 Å². The van der Waals surface area contributed by atoms with Gasteiger partial charge in [-0.2, -0.15) is 0 Å². The van der Waals surface area contributed by atoms with Crippen molar-refractivity contribution in [1.82, 2.24) is 5.32 Å². The van der Waals surface area contributed by atoms with E-state index in [1.54, 1.807) is 18.2 Å². The van der Waals surface area contributed by atoms with Crippen LogP contribution in [-0.4, -0.2) is 16.9 Å². The molecule has 3 aromatic carbocycles.